The first kappa shape index (κ1) is 28.8. The van der Waals surface area contributed by atoms with Gasteiger partial charge in [-0.05, 0) is 69.1 Å². The van der Waals surface area contributed by atoms with Gasteiger partial charge in [0.2, 0.25) is 0 Å². The van der Waals surface area contributed by atoms with Crippen LogP contribution in [0.3, 0.4) is 0 Å². The number of nitrogens with one attached hydrogen (secondary N) is 2. The number of carbonyl (C=O) groups is 2. The Morgan fingerprint density at radius 2 is 1.85 bits per heavy atom. The van der Waals surface area contributed by atoms with Gasteiger partial charge in [0.1, 0.15) is 11.9 Å². The molecular weight excluding hydrogens is 499 g/mol. The van der Waals surface area contributed by atoms with E-state index in [1.807, 2.05) is 6.92 Å². The number of aliphatic hydroxyl groups excluding tert-OH is 1. The molecule has 4 rings (SSSR count). The van der Waals surface area contributed by atoms with Crippen LogP contribution in [0.5, 0.6) is 5.75 Å². The number of urea groups is 1. The van der Waals surface area contributed by atoms with Gasteiger partial charge < -0.3 is 30.3 Å². The molecule has 3 N–H and O–H groups in total. The molecule has 8 nitrogen and oxygen atoms in total. The number of aliphatic hydroxyl groups is 1. The van der Waals surface area contributed by atoms with Crippen LogP contribution in [0.1, 0.15) is 56.3 Å². The largest absolute Gasteiger partial charge is 0.486 e. The number of halogens is 1. The van der Waals surface area contributed by atoms with Crippen molar-refractivity contribution in [3.63, 3.8) is 0 Å². The van der Waals surface area contributed by atoms with Crippen molar-refractivity contribution >= 4 is 23.3 Å². The van der Waals surface area contributed by atoms with E-state index in [0.29, 0.717) is 41.7 Å². The summed E-state index contributed by atoms with van der Waals surface area (Å²) in [6, 6.07) is 9.66. The lowest BCUT2D eigenvalue weighted by Crippen LogP contribution is -2.50. The first-order chi connectivity index (χ1) is 18.7. The molecule has 0 radical (unpaired) electrons. The van der Waals surface area contributed by atoms with Gasteiger partial charge in [-0.15, -0.1) is 0 Å². The van der Waals surface area contributed by atoms with Gasteiger partial charge in [0, 0.05) is 31.2 Å². The average molecular weight is 541 g/mol. The fourth-order valence-electron chi connectivity index (χ4n) is 5.57. The Morgan fingerprint density at radius 1 is 1.13 bits per heavy atom. The van der Waals surface area contributed by atoms with Gasteiger partial charge in [0.15, 0.2) is 5.75 Å². The third kappa shape index (κ3) is 7.48. The summed E-state index contributed by atoms with van der Waals surface area (Å²) in [4.78, 5) is 30.5. The van der Waals surface area contributed by atoms with Crippen molar-refractivity contribution < 1.29 is 23.8 Å². The molecule has 0 aromatic heterocycles. The number of hydrogen-bond acceptors (Lipinski definition) is 5. The summed E-state index contributed by atoms with van der Waals surface area (Å²) in [5, 5.41) is 15.4. The monoisotopic (exact) mass is 540 g/mol. The first-order valence-electron chi connectivity index (χ1n) is 14.0. The van der Waals surface area contributed by atoms with E-state index in [4.69, 9.17) is 4.74 Å². The summed E-state index contributed by atoms with van der Waals surface area (Å²) in [6.07, 6.45) is 6.14. The van der Waals surface area contributed by atoms with Crippen LogP contribution in [0.15, 0.2) is 42.5 Å². The van der Waals surface area contributed by atoms with Crippen LogP contribution in [0, 0.1) is 17.7 Å². The van der Waals surface area contributed by atoms with Crippen molar-refractivity contribution in [2.24, 2.45) is 11.8 Å². The zero-order chi connectivity index (χ0) is 27.9. The molecule has 1 fully saturated rings. The van der Waals surface area contributed by atoms with Crippen LogP contribution in [0.25, 0.3) is 0 Å². The van der Waals surface area contributed by atoms with Crippen molar-refractivity contribution in [1.29, 1.82) is 0 Å². The van der Waals surface area contributed by atoms with Gasteiger partial charge >= 0.3 is 6.03 Å². The molecule has 2 aromatic carbocycles. The van der Waals surface area contributed by atoms with Crippen molar-refractivity contribution in [2.75, 3.05) is 43.9 Å². The van der Waals surface area contributed by atoms with E-state index >= 15 is 0 Å². The predicted octanol–water partition coefficient (Wildman–Crippen LogP) is 5.20. The Morgan fingerprint density at radius 3 is 2.54 bits per heavy atom. The molecule has 1 heterocycles. The number of benzene rings is 2. The molecule has 1 aliphatic carbocycles. The second-order valence-electron chi connectivity index (χ2n) is 11.1. The van der Waals surface area contributed by atoms with Crippen molar-refractivity contribution in [1.82, 2.24) is 9.80 Å². The molecule has 0 saturated heterocycles. The highest BCUT2D eigenvalue weighted by molar-refractivity contribution is 6.04. The molecule has 1 aliphatic heterocycles. The molecule has 3 atom stereocenters. The molecule has 9 heteroatoms. The minimum absolute atomic E-state index is 0.0222. The lowest BCUT2D eigenvalue weighted by atomic mass is 9.89. The molecule has 0 unspecified atom stereocenters. The maximum Gasteiger partial charge on any atom is 0.323 e. The third-order valence-corrected chi connectivity index (χ3v) is 7.83. The van der Waals surface area contributed by atoms with Gasteiger partial charge in [-0.2, -0.15) is 0 Å². The third-order valence-electron chi connectivity index (χ3n) is 7.83. The zero-order valence-electron chi connectivity index (χ0n) is 23.2. The normalized spacial score (nSPS) is 21.0. The number of anilines is 2. The fourth-order valence-corrected chi connectivity index (χ4v) is 5.57. The summed E-state index contributed by atoms with van der Waals surface area (Å²) < 4.78 is 19.9. The highest BCUT2D eigenvalue weighted by Gasteiger charge is 2.35. The number of likely N-dealkylation sites (N-methyl/N-ethyl adjacent to an activating group) is 1. The smallest absolute Gasteiger partial charge is 0.323 e. The van der Waals surface area contributed by atoms with Gasteiger partial charge in [0.25, 0.3) is 5.91 Å². The molecule has 1 saturated carbocycles. The zero-order valence-corrected chi connectivity index (χ0v) is 23.2. The summed E-state index contributed by atoms with van der Waals surface area (Å²) in [5.74, 6) is 0.322. The summed E-state index contributed by atoms with van der Waals surface area (Å²) in [5.41, 5.74) is 1.14. The SMILES string of the molecule is C[C@@H]1CN([C@@H](C)CO)C(=O)c2cccc(NC(=O)Nc3ccc(F)cc3)c2O[C@H]1CN(C)CC1CCCCC1. The quantitative estimate of drug-likeness (QED) is 0.428. The summed E-state index contributed by atoms with van der Waals surface area (Å²) >= 11 is 0. The van der Waals surface area contributed by atoms with Gasteiger partial charge in [-0.1, -0.05) is 32.3 Å². The topological polar surface area (TPSA) is 94.1 Å². The first-order valence-corrected chi connectivity index (χ1v) is 14.0. The van der Waals surface area contributed by atoms with Crippen LogP contribution < -0.4 is 15.4 Å². The van der Waals surface area contributed by atoms with E-state index < -0.39 is 11.8 Å². The predicted molar refractivity (Wildman–Crippen MR) is 151 cm³/mol. The molecule has 0 spiro atoms. The molecule has 2 aliphatic rings. The second-order valence-corrected chi connectivity index (χ2v) is 11.1. The number of para-hydroxylation sites is 1. The Bertz CT molecular complexity index is 1120. The maximum absolute atomic E-state index is 13.6. The Hall–Kier alpha value is -3.17. The lowest BCUT2D eigenvalue weighted by Gasteiger charge is -2.39. The maximum atomic E-state index is 13.6. The van der Waals surface area contributed by atoms with E-state index in [2.05, 4.69) is 29.5 Å². The fraction of sp³-hybridized carbons (Fsp3) is 0.533. The van der Waals surface area contributed by atoms with E-state index in [1.165, 1.54) is 56.4 Å². The molecule has 39 heavy (non-hydrogen) atoms. The van der Waals surface area contributed by atoms with Crippen molar-refractivity contribution in [3.05, 3.63) is 53.8 Å². The van der Waals surface area contributed by atoms with Crippen LogP contribution in [0.2, 0.25) is 0 Å². The van der Waals surface area contributed by atoms with Gasteiger partial charge in [-0.3, -0.25) is 4.79 Å². The molecule has 3 amide bonds. The van der Waals surface area contributed by atoms with Crippen LogP contribution in [-0.2, 0) is 0 Å². The number of carbonyl (C=O) groups excluding carboxylic acids is 2. The molecule has 2 aromatic rings. The van der Waals surface area contributed by atoms with Crippen LogP contribution in [0.4, 0.5) is 20.6 Å². The Balaban J connectivity index is 1.59. The number of nitrogens with zero attached hydrogens (tertiary/aromatic N) is 2. The number of ether oxygens (including phenoxy) is 1. The van der Waals surface area contributed by atoms with E-state index in [-0.39, 0.29) is 30.6 Å². The number of rotatable bonds is 8. The number of fused-ring (bicyclic) bond motifs is 1. The minimum Gasteiger partial charge on any atom is -0.486 e. The van der Waals surface area contributed by atoms with Crippen LogP contribution in [-0.4, -0.2) is 72.3 Å². The highest BCUT2D eigenvalue weighted by atomic mass is 19.1. The highest BCUT2D eigenvalue weighted by Crippen LogP contribution is 2.35. The molecule has 0 bridgehead atoms. The minimum atomic E-state index is -0.535. The van der Waals surface area contributed by atoms with E-state index in [1.54, 1.807) is 23.1 Å². The Labute approximate surface area is 230 Å². The second kappa shape index (κ2) is 13.3. The standard InChI is InChI=1S/C30H41FN4O4/c1-20-16-35(21(2)19-36)29(37)25-10-7-11-26(33-30(38)32-24-14-12-23(31)13-15-24)28(25)39-27(20)18-34(3)17-22-8-5-4-6-9-22/h7,10-15,20-22,27,36H,4-6,8-9,16-19H2,1-3H3,(H2,32,33,38)/t20-,21+,27+/m1/s1. The summed E-state index contributed by atoms with van der Waals surface area (Å²) in [7, 11) is 2.12. The van der Waals surface area contributed by atoms with Crippen molar-refractivity contribution in [2.45, 2.75) is 58.1 Å². The summed E-state index contributed by atoms with van der Waals surface area (Å²) in [6.45, 7) is 5.85. The average Bonchev–Trinajstić information content (AvgIpc) is 2.92. The van der Waals surface area contributed by atoms with Gasteiger partial charge in [-0.25, -0.2) is 9.18 Å². The Kier molecular flexibility index (Phi) is 9.80. The van der Waals surface area contributed by atoms with Crippen LogP contribution >= 0.6 is 0 Å². The number of amides is 3. The van der Waals surface area contributed by atoms with Gasteiger partial charge in [0.05, 0.1) is 23.9 Å². The molecular formula is C30H41FN4O4. The van der Waals surface area contributed by atoms with Crippen molar-refractivity contribution in [3.8, 4) is 5.75 Å². The lowest BCUT2D eigenvalue weighted by molar-refractivity contribution is 0.0333. The van der Waals surface area contributed by atoms with E-state index in [0.717, 1.165) is 6.54 Å². The number of hydrogen-bond donors (Lipinski definition) is 3. The molecule has 212 valence electrons. The van der Waals surface area contributed by atoms with E-state index in [9.17, 15) is 19.1 Å².